The van der Waals surface area contributed by atoms with Gasteiger partial charge in [0.25, 0.3) is 5.71 Å². The van der Waals surface area contributed by atoms with Crippen molar-refractivity contribution < 1.29 is 19.8 Å². The Labute approximate surface area is 182 Å². The van der Waals surface area contributed by atoms with Gasteiger partial charge >= 0.3 is 5.91 Å². The number of hydrogen-bond donors (Lipinski definition) is 4. The van der Waals surface area contributed by atoms with E-state index in [1.165, 1.54) is 18.8 Å². The summed E-state index contributed by atoms with van der Waals surface area (Å²) >= 11 is 0. The van der Waals surface area contributed by atoms with Crippen LogP contribution in [0.4, 0.5) is 5.69 Å². The number of rotatable bonds is 7. The summed E-state index contributed by atoms with van der Waals surface area (Å²) in [5.74, 6) is -1.00. The molecule has 1 aliphatic heterocycles. The third-order valence-electron chi connectivity index (χ3n) is 6.23. The summed E-state index contributed by atoms with van der Waals surface area (Å²) < 4.78 is 0. The van der Waals surface area contributed by atoms with Gasteiger partial charge in [0, 0.05) is 18.8 Å². The number of nitrogens with one attached hydrogen (secondary N) is 2. The first-order chi connectivity index (χ1) is 14.7. The van der Waals surface area contributed by atoms with Gasteiger partial charge in [-0.3, -0.25) is 19.4 Å². The zero-order chi connectivity index (χ0) is 22.6. The van der Waals surface area contributed by atoms with Crippen LogP contribution in [0.3, 0.4) is 0 Å². The van der Waals surface area contributed by atoms with Crippen LogP contribution < -0.4 is 21.8 Å². The lowest BCUT2D eigenvalue weighted by Crippen LogP contribution is -2.51. The normalized spacial score (nSPS) is 22.6. The number of nitrogens with zero attached hydrogens (tertiary/aromatic N) is 2. The van der Waals surface area contributed by atoms with Crippen LogP contribution in [0, 0.1) is 5.41 Å². The van der Waals surface area contributed by atoms with Crippen LogP contribution >= 0.6 is 0 Å². The molecular weight excluding hydrogens is 396 g/mol. The predicted octanol–water partition coefficient (Wildman–Crippen LogP) is -0.397. The van der Waals surface area contributed by atoms with E-state index in [0.717, 1.165) is 25.7 Å². The fourth-order valence-electron chi connectivity index (χ4n) is 4.63. The number of pyridine rings is 1. The fraction of sp³-hybridized carbons (Fsp3) is 0.591. The molecule has 2 atom stereocenters. The number of hydrogen-bond acceptors (Lipinski definition) is 5. The van der Waals surface area contributed by atoms with Gasteiger partial charge in [-0.1, -0.05) is 20.3 Å². The summed E-state index contributed by atoms with van der Waals surface area (Å²) in [7, 11) is 0. The topological polar surface area (TPSA) is 143 Å². The molecule has 31 heavy (non-hydrogen) atoms. The number of likely N-dealkylation sites (tertiary alicyclic amines) is 1. The van der Waals surface area contributed by atoms with Gasteiger partial charge < -0.3 is 21.3 Å². The van der Waals surface area contributed by atoms with Crippen LogP contribution in [0.15, 0.2) is 18.5 Å². The second-order valence-corrected chi connectivity index (χ2v) is 9.26. The maximum atomic E-state index is 12.9. The number of anilines is 1. The summed E-state index contributed by atoms with van der Waals surface area (Å²) in [6, 6.07) is 1.28. The van der Waals surface area contributed by atoms with Gasteiger partial charge in [0.15, 0.2) is 0 Å². The predicted molar refractivity (Wildman–Crippen MR) is 117 cm³/mol. The lowest BCUT2D eigenvalue weighted by molar-refractivity contribution is -0.137. The molecule has 3 rings (SSSR count). The third kappa shape index (κ3) is 5.59. The van der Waals surface area contributed by atoms with Gasteiger partial charge in [0.1, 0.15) is 6.04 Å². The van der Waals surface area contributed by atoms with Gasteiger partial charge in [-0.05, 0) is 43.6 Å². The second-order valence-electron chi connectivity index (χ2n) is 9.26. The molecule has 2 aliphatic rings. The second kappa shape index (κ2) is 9.45. The van der Waals surface area contributed by atoms with Crippen LogP contribution in [-0.2, 0) is 14.4 Å². The van der Waals surface area contributed by atoms with Crippen LogP contribution in [-0.4, -0.2) is 58.5 Å². The van der Waals surface area contributed by atoms with Crippen LogP contribution in [0.25, 0.3) is 0 Å². The lowest BCUT2D eigenvalue weighted by atomic mass is 9.75. The highest BCUT2D eigenvalue weighted by Gasteiger charge is 2.36. The van der Waals surface area contributed by atoms with Gasteiger partial charge in [0.05, 0.1) is 24.0 Å². The minimum absolute atomic E-state index is 0.0367. The van der Waals surface area contributed by atoms with Gasteiger partial charge in [-0.15, -0.1) is 0 Å². The smallest absolute Gasteiger partial charge is 0.313 e. The molecule has 1 saturated carbocycles. The van der Waals surface area contributed by atoms with E-state index in [1.54, 1.807) is 11.0 Å². The Hall–Kier alpha value is -2.97. The summed E-state index contributed by atoms with van der Waals surface area (Å²) in [5.41, 5.74) is 6.23. The Morgan fingerprint density at radius 1 is 1.29 bits per heavy atom. The van der Waals surface area contributed by atoms with E-state index in [9.17, 15) is 14.4 Å². The standard InChI is InChI=1S/C22H32N6O3/c1-22(2)8-3-5-14(11-22)27-21(31)17-6-4-10-28(17)18(29)13-26-16-12-25-9-7-15(16)19(23)20(24)30/h7,9,12,14,17,23,26H,3-6,8,10-11,13H2,1-2H3,(H2,24,30)(H,27,31)/p+1/t14?,17-/m0/s1. The average molecular weight is 430 g/mol. The molecule has 9 heteroatoms. The molecule has 1 aliphatic carbocycles. The molecule has 6 N–H and O–H groups in total. The van der Waals surface area contributed by atoms with Crippen molar-refractivity contribution in [2.24, 2.45) is 11.1 Å². The first-order valence-electron chi connectivity index (χ1n) is 10.9. The molecule has 2 heterocycles. The molecule has 0 aromatic carbocycles. The molecule has 3 amide bonds. The van der Waals surface area contributed by atoms with Crippen LogP contribution in [0.1, 0.15) is 57.9 Å². The molecule has 0 spiro atoms. The van der Waals surface area contributed by atoms with Gasteiger partial charge in [0.2, 0.25) is 11.8 Å². The van der Waals surface area contributed by atoms with Crippen molar-refractivity contribution in [2.45, 2.75) is 64.5 Å². The molecule has 1 aromatic rings. The van der Waals surface area contributed by atoms with Crippen LogP contribution in [0.2, 0.25) is 0 Å². The first-order valence-corrected chi connectivity index (χ1v) is 10.9. The lowest BCUT2D eigenvalue weighted by Gasteiger charge is -2.36. The largest absolute Gasteiger partial charge is 0.374 e. The highest BCUT2D eigenvalue weighted by molar-refractivity contribution is 6.43. The fourth-order valence-corrected chi connectivity index (χ4v) is 4.63. The van der Waals surface area contributed by atoms with Crippen molar-refractivity contribution >= 4 is 29.1 Å². The molecule has 1 unspecified atom stereocenters. The van der Waals surface area contributed by atoms with Crippen molar-refractivity contribution in [2.75, 3.05) is 18.4 Å². The third-order valence-corrected chi connectivity index (χ3v) is 6.23. The Morgan fingerprint density at radius 3 is 2.77 bits per heavy atom. The molecule has 0 bridgehead atoms. The molecular formula is C22H33N6O3+. The molecule has 168 valence electrons. The number of carbonyl (C=O) groups excluding carboxylic acids is 3. The monoisotopic (exact) mass is 429 g/mol. The van der Waals surface area contributed by atoms with Crippen molar-refractivity contribution in [3.63, 3.8) is 0 Å². The Kier molecular flexibility index (Phi) is 6.92. The quantitative estimate of drug-likeness (QED) is 0.436. The van der Waals surface area contributed by atoms with E-state index in [0.29, 0.717) is 24.2 Å². The molecule has 1 saturated heterocycles. The maximum absolute atomic E-state index is 12.9. The maximum Gasteiger partial charge on any atom is 0.313 e. The van der Waals surface area contributed by atoms with Gasteiger partial charge in [-0.25, -0.2) is 5.41 Å². The zero-order valence-corrected chi connectivity index (χ0v) is 18.3. The number of nitrogens with two attached hydrogens (primary N) is 2. The SMILES string of the molecule is CC1(C)CCCC(NC(=O)[C@@H]2CCCN2C(=O)CNc2cnccc2C(=[NH2+])C(N)=O)C1. The molecule has 1 aromatic heterocycles. The minimum atomic E-state index is -0.747. The van der Waals surface area contributed by atoms with Crippen molar-refractivity contribution in [1.29, 1.82) is 0 Å². The van der Waals surface area contributed by atoms with Crippen molar-refractivity contribution in [3.8, 4) is 0 Å². The highest BCUT2D eigenvalue weighted by atomic mass is 16.2. The van der Waals surface area contributed by atoms with Crippen LogP contribution in [0.5, 0.6) is 0 Å². The minimum Gasteiger partial charge on any atom is -0.374 e. The van der Waals surface area contributed by atoms with E-state index in [1.807, 2.05) is 0 Å². The van der Waals surface area contributed by atoms with Gasteiger partial charge in [-0.2, -0.15) is 0 Å². The Balaban J connectivity index is 1.60. The van der Waals surface area contributed by atoms with E-state index in [2.05, 4.69) is 29.5 Å². The Bertz CT molecular complexity index is 869. The zero-order valence-electron chi connectivity index (χ0n) is 18.3. The summed E-state index contributed by atoms with van der Waals surface area (Å²) in [5, 5.41) is 11.9. The van der Waals surface area contributed by atoms with E-state index in [-0.39, 0.29) is 35.5 Å². The molecule has 2 fully saturated rings. The summed E-state index contributed by atoms with van der Waals surface area (Å²) in [4.78, 5) is 42.9. The van der Waals surface area contributed by atoms with E-state index < -0.39 is 11.9 Å². The number of carbonyl (C=O) groups is 3. The first kappa shape index (κ1) is 22.7. The Morgan fingerprint density at radius 2 is 2.06 bits per heavy atom. The van der Waals surface area contributed by atoms with E-state index in [4.69, 9.17) is 11.1 Å². The summed E-state index contributed by atoms with van der Waals surface area (Å²) in [6.07, 6.45) is 8.65. The van der Waals surface area contributed by atoms with E-state index >= 15 is 0 Å². The number of aromatic nitrogens is 1. The summed E-state index contributed by atoms with van der Waals surface area (Å²) in [6.45, 7) is 4.98. The number of primary amides is 1. The number of amides is 3. The van der Waals surface area contributed by atoms with Crippen molar-refractivity contribution in [3.05, 3.63) is 24.0 Å². The van der Waals surface area contributed by atoms with Crippen molar-refractivity contribution in [1.82, 2.24) is 15.2 Å². The average Bonchev–Trinajstić information content (AvgIpc) is 3.21. The highest BCUT2D eigenvalue weighted by Crippen LogP contribution is 2.35. The molecule has 9 nitrogen and oxygen atoms in total. The molecule has 0 radical (unpaired) electrons.